The molecule has 0 fully saturated rings. The third kappa shape index (κ3) is 3.95. The van der Waals surface area contributed by atoms with Gasteiger partial charge in [-0.05, 0) is 27.7 Å². The van der Waals surface area contributed by atoms with Gasteiger partial charge in [-0.25, -0.2) is 4.79 Å². The Hall–Kier alpha value is -1.06. The number of carbonyl (C=O) groups is 1. The first-order chi connectivity index (χ1) is 5.61. The maximum atomic E-state index is 11.1. The van der Waals surface area contributed by atoms with Crippen molar-refractivity contribution in [2.75, 3.05) is 13.2 Å². The molecule has 0 aliphatic rings. The fourth-order valence-corrected chi connectivity index (χ4v) is 0.680. The van der Waals surface area contributed by atoms with E-state index in [4.69, 9.17) is 4.74 Å². The Balaban J connectivity index is 4.15. The van der Waals surface area contributed by atoms with E-state index in [1.807, 2.05) is 20.8 Å². The van der Waals surface area contributed by atoms with Gasteiger partial charge in [0.15, 0.2) is 0 Å². The van der Waals surface area contributed by atoms with Gasteiger partial charge in [0.05, 0.1) is 6.61 Å². The highest BCUT2D eigenvalue weighted by atomic mass is 16.6. The maximum Gasteiger partial charge on any atom is 0.430 e. The van der Waals surface area contributed by atoms with Crippen molar-refractivity contribution in [1.29, 1.82) is 0 Å². The molecule has 0 aromatic rings. The van der Waals surface area contributed by atoms with Gasteiger partial charge in [0, 0.05) is 12.3 Å². The van der Waals surface area contributed by atoms with E-state index in [1.54, 1.807) is 6.92 Å². The standard InChI is InChI=1S/C8H16N2O2/c1-5-10(9-7(3)4)8(11)12-6-2/h5-6H2,1-4H3. The largest absolute Gasteiger partial charge is 0.448 e. The third-order valence-corrected chi connectivity index (χ3v) is 1.10. The number of hydrogen-bond acceptors (Lipinski definition) is 3. The molecule has 0 rings (SSSR count). The summed E-state index contributed by atoms with van der Waals surface area (Å²) >= 11 is 0. The van der Waals surface area contributed by atoms with Crippen molar-refractivity contribution in [2.45, 2.75) is 27.7 Å². The van der Waals surface area contributed by atoms with Crippen LogP contribution in [-0.2, 0) is 4.74 Å². The lowest BCUT2D eigenvalue weighted by Gasteiger charge is -2.14. The molecular formula is C8H16N2O2. The average Bonchev–Trinajstić information content (AvgIpc) is 2.00. The second-order valence-corrected chi connectivity index (χ2v) is 2.46. The van der Waals surface area contributed by atoms with Crippen LogP contribution in [0.3, 0.4) is 0 Å². The van der Waals surface area contributed by atoms with E-state index in [1.165, 1.54) is 5.01 Å². The molecule has 70 valence electrons. The fourth-order valence-electron chi connectivity index (χ4n) is 0.680. The molecule has 0 aromatic heterocycles. The SMILES string of the molecule is CCOC(=O)N(CC)N=C(C)C. The van der Waals surface area contributed by atoms with E-state index in [2.05, 4.69) is 5.10 Å². The van der Waals surface area contributed by atoms with Gasteiger partial charge in [-0.1, -0.05) is 0 Å². The molecule has 0 saturated carbocycles. The molecule has 0 heterocycles. The van der Waals surface area contributed by atoms with Crippen molar-refractivity contribution in [3.63, 3.8) is 0 Å². The van der Waals surface area contributed by atoms with Gasteiger partial charge in [-0.3, -0.25) is 0 Å². The van der Waals surface area contributed by atoms with Crippen molar-refractivity contribution < 1.29 is 9.53 Å². The van der Waals surface area contributed by atoms with Crippen LogP contribution in [0.25, 0.3) is 0 Å². The highest BCUT2D eigenvalue weighted by Crippen LogP contribution is 1.95. The molecule has 0 aromatic carbocycles. The second kappa shape index (κ2) is 5.57. The zero-order valence-electron chi connectivity index (χ0n) is 8.13. The number of ether oxygens (including phenoxy) is 1. The summed E-state index contributed by atoms with van der Waals surface area (Å²) < 4.78 is 4.78. The minimum absolute atomic E-state index is 0.383. The number of hydrogen-bond donors (Lipinski definition) is 0. The van der Waals surface area contributed by atoms with Crippen LogP contribution in [0.15, 0.2) is 5.10 Å². The Labute approximate surface area is 73.2 Å². The normalized spacial score (nSPS) is 9.00. The highest BCUT2D eigenvalue weighted by Gasteiger charge is 2.09. The topological polar surface area (TPSA) is 41.9 Å². The quantitative estimate of drug-likeness (QED) is 0.481. The smallest absolute Gasteiger partial charge is 0.430 e. The molecule has 1 amide bonds. The average molecular weight is 172 g/mol. The minimum atomic E-state index is -0.388. The molecule has 0 saturated heterocycles. The molecule has 0 unspecified atom stereocenters. The maximum absolute atomic E-state index is 11.1. The molecule has 4 nitrogen and oxygen atoms in total. The first-order valence-corrected chi connectivity index (χ1v) is 4.07. The molecule has 12 heavy (non-hydrogen) atoms. The van der Waals surface area contributed by atoms with Gasteiger partial charge in [0.2, 0.25) is 0 Å². The van der Waals surface area contributed by atoms with Crippen LogP contribution in [0, 0.1) is 0 Å². The van der Waals surface area contributed by atoms with Gasteiger partial charge in [-0.2, -0.15) is 10.1 Å². The van der Waals surface area contributed by atoms with Crippen LogP contribution in [0.5, 0.6) is 0 Å². The Morgan fingerprint density at radius 3 is 2.33 bits per heavy atom. The monoisotopic (exact) mass is 172 g/mol. The lowest BCUT2D eigenvalue weighted by molar-refractivity contribution is 0.110. The number of nitrogens with zero attached hydrogens (tertiary/aromatic N) is 2. The third-order valence-electron chi connectivity index (χ3n) is 1.10. The molecular weight excluding hydrogens is 156 g/mol. The second-order valence-electron chi connectivity index (χ2n) is 2.46. The van der Waals surface area contributed by atoms with Crippen LogP contribution >= 0.6 is 0 Å². The Bertz CT molecular complexity index is 174. The zero-order chi connectivity index (χ0) is 9.56. The van der Waals surface area contributed by atoms with Crippen molar-refractivity contribution in [2.24, 2.45) is 5.10 Å². The van der Waals surface area contributed by atoms with Crippen molar-refractivity contribution in [1.82, 2.24) is 5.01 Å². The van der Waals surface area contributed by atoms with Crippen LogP contribution in [0.1, 0.15) is 27.7 Å². The number of rotatable bonds is 3. The van der Waals surface area contributed by atoms with Gasteiger partial charge in [-0.15, -0.1) is 0 Å². The summed E-state index contributed by atoms with van der Waals surface area (Å²) in [6.45, 7) is 8.21. The van der Waals surface area contributed by atoms with Gasteiger partial charge in [0.25, 0.3) is 0 Å². The van der Waals surface area contributed by atoms with E-state index in [0.29, 0.717) is 13.2 Å². The summed E-state index contributed by atoms with van der Waals surface area (Å²) in [4.78, 5) is 11.1. The Kier molecular flexibility index (Phi) is 5.08. The number of amides is 1. The van der Waals surface area contributed by atoms with E-state index in [-0.39, 0.29) is 6.09 Å². The molecule has 0 radical (unpaired) electrons. The molecule has 0 atom stereocenters. The molecule has 0 N–H and O–H groups in total. The van der Waals surface area contributed by atoms with Crippen molar-refractivity contribution in [3.8, 4) is 0 Å². The summed E-state index contributed by atoms with van der Waals surface area (Å²) in [6.07, 6.45) is -0.388. The first kappa shape index (κ1) is 10.9. The summed E-state index contributed by atoms with van der Waals surface area (Å²) in [5.41, 5.74) is 0.838. The molecule has 0 aliphatic heterocycles. The van der Waals surface area contributed by atoms with Gasteiger partial charge < -0.3 is 4.74 Å². The van der Waals surface area contributed by atoms with E-state index >= 15 is 0 Å². The van der Waals surface area contributed by atoms with Crippen LogP contribution < -0.4 is 0 Å². The van der Waals surface area contributed by atoms with Gasteiger partial charge in [0.1, 0.15) is 0 Å². The predicted molar refractivity (Wildman–Crippen MR) is 48.2 cm³/mol. The fraction of sp³-hybridized carbons (Fsp3) is 0.750. The van der Waals surface area contributed by atoms with Crippen molar-refractivity contribution in [3.05, 3.63) is 0 Å². The predicted octanol–water partition coefficient (Wildman–Crippen LogP) is 1.86. The minimum Gasteiger partial charge on any atom is -0.448 e. The van der Waals surface area contributed by atoms with Crippen LogP contribution in [0.2, 0.25) is 0 Å². The zero-order valence-corrected chi connectivity index (χ0v) is 8.13. The molecule has 4 heteroatoms. The summed E-state index contributed by atoms with van der Waals surface area (Å²) in [6, 6.07) is 0. The lowest BCUT2D eigenvalue weighted by atomic mass is 10.5. The number of hydrazone groups is 1. The summed E-state index contributed by atoms with van der Waals surface area (Å²) in [5.74, 6) is 0. The Morgan fingerprint density at radius 2 is 2.00 bits per heavy atom. The molecule has 0 spiro atoms. The van der Waals surface area contributed by atoms with Crippen molar-refractivity contribution >= 4 is 11.8 Å². The van der Waals surface area contributed by atoms with Crippen LogP contribution in [-0.4, -0.2) is 30.0 Å². The number of carbonyl (C=O) groups excluding carboxylic acids is 1. The molecule has 0 aliphatic carbocycles. The summed E-state index contributed by atoms with van der Waals surface area (Å²) in [7, 11) is 0. The van der Waals surface area contributed by atoms with Gasteiger partial charge >= 0.3 is 6.09 Å². The molecule has 0 bridgehead atoms. The highest BCUT2D eigenvalue weighted by molar-refractivity contribution is 5.80. The van der Waals surface area contributed by atoms with Crippen LogP contribution in [0.4, 0.5) is 4.79 Å². The first-order valence-electron chi connectivity index (χ1n) is 4.07. The van der Waals surface area contributed by atoms with E-state index < -0.39 is 0 Å². The Morgan fingerprint density at radius 1 is 1.42 bits per heavy atom. The summed E-state index contributed by atoms with van der Waals surface area (Å²) in [5, 5.41) is 5.29. The van der Waals surface area contributed by atoms with E-state index in [9.17, 15) is 4.79 Å². The van der Waals surface area contributed by atoms with E-state index in [0.717, 1.165) is 5.71 Å². The lowest BCUT2D eigenvalue weighted by Crippen LogP contribution is -2.27.